The minimum Gasteiger partial charge on any atom is -0.511 e. The summed E-state index contributed by atoms with van der Waals surface area (Å²) in [5.41, 5.74) is 2.60. The first kappa shape index (κ1) is 30.0. The maximum Gasteiger partial charge on any atom is 0.246 e. The first-order valence-corrected chi connectivity index (χ1v) is 13.9. The predicted molar refractivity (Wildman–Crippen MR) is 162 cm³/mol. The van der Waals surface area contributed by atoms with Crippen LogP contribution in [0.4, 0.5) is 15.9 Å². The summed E-state index contributed by atoms with van der Waals surface area (Å²) in [5, 5.41) is 10.8. The van der Waals surface area contributed by atoms with E-state index in [0.717, 1.165) is 5.56 Å². The molecule has 1 aromatic heterocycles. The van der Waals surface area contributed by atoms with Gasteiger partial charge in [-0.2, -0.15) is 0 Å². The lowest BCUT2D eigenvalue weighted by atomic mass is 9.98. The molecule has 216 valence electrons. The Morgan fingerprint density at radius 1 is 1.32 bits per heavy atom. The molecular formula is C31H35ClFN5O3. The number of halogens is 2. The predicted octanol–water partition coefficient (Wildman–Crippen LogP) is 5.82. The lowest BCUT2D eigenvalue weighted by molar-refractivity contribution is -0.128. The fourth-order valence-electron chi connectivity index (χ4n) is 5.31. The van der Waals surface area contributed by atoms with Crippen LogP contribution < -0.4 is 4.90 Å². The molecule has 2 atom stereocenters. The number of carbonyl (C=O) groups is 2. The second kappa shape index (κ2) is 12.7. The van der Waals surface area contributed by atoms with Gasteiger partial charge in [0.1, 0.15) is 17.8 Å². The van der Waals surface area contributed by atoms with Crippen LogP contribution in [0.2, 0.25) is 5.02 Å². The van der Waals surface area contributed by atoms with Gasteiger partial charge in [-0.1, -0.05) is 56.3 Å². The number of hydrogen-bond acceptors (Lipinski definition) is 5. The highest BCUT2D eigenvalue weighted by atomic mass is 35.5. The van der Waals surface area contributed by atoms with Gasteiger partial charge in [-0.05, 0) is 42.7 Å². The third-order valence-electron chi connectivity index (χ3n) is 7.37. The van der Waals surface area contributed by atoms with E-state index >= 15 is 0 Å². The van der Waals surface area contributed by atoms with Crippen LogP contribution >= 0.6 is 11.6 Å². The standard InChI is InChI=1S/C31H35ClFN5O3/c1-6-28(41)36-13-14-37(20(4)17-36)30(34-5)24-16-25(32)29(23-12-11-21(33)15-27(23)40)35-31(24)38(18-39)26-10-8-7-9-22(26)19(2)3/h6-12,16,18-21,40H,1,13-15,17H2,2-5H3/b34-30+. The van der Waals surface area contributed by atoms with Crippen LogP contribution in [-0.4, -0.2) is 76.9 Å². The Bertz CT molecular complexity index is 1440. The minimum absolute atomic E-state index is 0.105. The van der Waals surface area contributed by atoms with Gasteiger partial charge in [-0.15, -0.1) is 0 Å². The van der Waals surface area contributed by atoms with Crippen molar-refractivity contribution in [2.45, 2.75) is 45.3 Å². The largest absolute Gasteiger partial charge is 0.511 e. The number of aliphatic hydroxyl groups excluding tert-OH is 1. The quantitative estimate of drug-likeness (QED) is 0.193. The number of allylic oxidation sites excluding steroid dienone is 4. The number of benzene rings is 1. The van der Waals surface area contributed by atoms with E-state index in [1.54, 1.807) is 18.0 Å². The van der Waals surface area contributed by atoms with Gasteiger partial charge in [0.05, 0.1) is 22.0 Å². The summed E-state index contributed by atoms with van der Waals surface area (Å²) in [7, 11) is 1.65. The third kappa shape index (κ3) is 6.05. The van der Waals surface area contributed by atoms with Crippen molar-refractivity contribution in [3.8, 4) is 0 Å². The van der Waals surface area contributed by atoms with Gasteiger partial charge in [0.15, 0.2) is 5.82 Å². The van der Waals surface area contributed by atoms with Crippen LogP contribution in [0, 0.1) is 0 Å². The van der Waals surface area contributed by atoms with Crippen molar-refractivity contribution in [2.75, 3.05) is 31.6 Å². The molecule has 2 unspecified atom stereocenters. The molecule has 41 heavy (non-hydrogen) atoms. The number of nitrogens with zero attached hydrogens (tertiary/aromatic N) is 5. The summed E-state index contributed by atoms with van der Waals surface area (Å²) in [5.74, 6) is 0.612. The van der Waals surface area contributed by atoms with Crippen molar-refractivity contribution >= 4 is 46.8 Å². The first-order valence-electron chi connectivity index (χ1n) is 13.5. The molecule has 1 fully saturated rings. The molecule has 2 aromatic rings. The van der Waals surface area contributed by atoms with Crippen molar-refractivity contribution in [2.24, 2.45) is 4.99 Å². The molecule has 1 N–H and O–H groups in total. The molecular weight excluding hydrogens is 545 g/mol. The highest BCUT2D eigenvalue weighted by Crippen LogP contribution is 2.38. The van der Waals surface area contributed by atoms with E-state index in [2.05, 4.69) is 16.5 Å². The Morgan fingerprint density at radius 3 is 2.66 bits per heavy atom. The molecule has 1 aliphatic carbocycles. The number of amides is 2. The number of piperazine rings is 1. The number of para-hydroxylation sites is 1. The second-order valence-electron chi connectivity index (χ2n) is 10.4. The van der Waals surface area contributed by atoms with Gasteiger partial charge in [-0.3, -0.25) is 19.5 Å². The Hall–Kier alpha value is -3.98. The van der Waals surface area contributed by atoms with E-state index in [-0.39, 0.29) is 46.6 Å². The number of rotatable bonds is 7. The molecule has 4 rings (SSSR count). The number of amidine groups is 1. The highest BCUT2D eigenvalue weighted by molar-refractivity contribution is 6.33. The molecule has 0 saturated carbocycles. The zero-order chi connectivity index (χ0) is 29.8. The summed E-state index contributed by atoms with van der Waals surface area (Å²) in [6.07, 6.45) is 3.30. The van der Waals surface area contributed by atoms with Crippen molar-refractivity contribution in [1.29, 1.82) is 0 Å². The maximum absolute atomic E-state index is 13.9. The Morgan fingerprint density at radius 2 is 2.05 bits per heavy atom. The summed E-state index contributed by atoms with van der Waals surface area (Å²) >= 11 is 6.79. The zero-order valence-electron chi connectivity index (χ0n) is 23.7. The SMILES string of the molecule is C=CC(=O)N1CCN(/C(=N/C)c2cc(Cl)c(C3=C(O)CC(F)C=C3)nc2N(C=O)c2ccccc2C(C)C)C(C)C1. The molecule has 0 radical (unpaired) electrons. The topological polar surface area (TPSA) is 89.3 Å². The summed E-state index contributed by atoms with van der Waals surface area (Å²) in [6.45, 7) is 11.1. The highest BCUT2D eigenvalue weighted by Gasteiger charge is 2.32. The summed E-state index contributed by atoms with van der Waals surface area (Å²) in [4.78, 5) is 39.8. The van der Waals surface area contributed by atoms with Crippen LogP contribution in [0.5, 0.6) is 0 Å². The van der Waals surface area contributed by atoms with Crippen LogP contribution in [0.3, 0.4) is 0 Å². The number of pyridine rings is 1. The minimum atomic E-state index is -1.31. The second-order valence-corrected chi connectivity index (χ2v) is 10.8. The van der Waals surface area contributed by atoms with Gasteiger partial charge >= 0.3 is 0 Å². The van der Waals surface area contributed by atoms with Crippen molar-refractivity contribution in [3.05, 3.63) is 82.7 Å². The van der Waals surface area contributed by atoms with E-state index in [1.807, 2.05) is 45.0 Å². The first-order chi connectivity index (χ1) is 19.6. The monoisotopic (exact) mass is 579 g/mol. The van der Waals surface area contributed by atoms with Gasteiger partial charge in [0, 0.05) is 44.7 Å². The van der Waals surface area contributed by atoms with Gasteiger partial charge in [0.25, 0.3) is 0 Å². The van der Waals surface area contributed by atoms with E-state index < -0.39 is 6.17 Å². The smallest absolute Gasteiger partial charge is 0.246 e. The van der Waals surface area contributed by atoms with E-state index in [4.69, 9.17) is 16.6 Å². The lowest BCUT2D eigenvalue weighted by Gasteiger charge is -2.41. The van der Waals surface area contributed by atoms with Crippen molar-refractivity contribution < 1.29 is 19.1 Å². The number of alkyl halides is 1. The Labute approximate surface area is 245 Å². The number of aromatic nitrogens is 1. The molecule has 1 saturated heterocycles. The molecule has 2 amide bonds. The molecule has 10 heteroatoms. The summed E-state index contributed by atoms with van der Waals surface area (Å²) in [6, 6.07) is 9.13. The molecule has 0 bridgehead atoms. The van der Waals surface area contributed by atoms with Crippen LogP contribution in [-0.2, 0) is 9.59 Å². The fraction of sp³-hybridized carbons (Fsp3) is 0.355. The summed E-state index contributed by atoms with van der Waals surface area (Å²) < 4.78 is 13.9. The van der Waals surface area contributed by atoms with Gasteiger partial charge in [0.2, 0.25) is 12.3 Å². The van der Waals surface area contributed by atoms with E-state index in [0.29, 0.717) is 48.7 Å². The van der Waals surface area contributed by atoms with Gasteiger partial charge in [-0.25, -0.2) is 9.37 Å². The Kier molecular flexibility index (Phi) is 9.28. The maximum atomic E-state index is 13.9. The van der Waals surface area contributed by atoms with Crippen LogP contribution in [0.1, 0.15) is 49.9 Å². The molecule has 2 heterocycles. The van der Waals surface area contributed by atoms with Crippen LogP contribution in [0.15, 0.2) is 65.9 Å². The Balaban J connectivity index is 1.91. The lowest BCUT2D eigenvalue weighted by Crippen LogP contribution is -2.55. The molecule has 2 aliphatic rings. The normalized spacial score (nSPS) is 19.5. The number of anilines is 2. The van der Waals surface area contributed by atoms with Crippen LogP contribution in [0.25, 0.3) is 5.57 Å². The third-order valence-corrected chi connectivity index (χ3v) is 7.66. The van der Waals surface area contributed by atoms with Gasteiger partial charge < -0.3 is 14.9 Å². The molecule has 1 aliphatic heterocycles. The molecule has 8 nitrogen and oxygen atoms in total. The average molecular weight is 580 g/mol. The number of hydrogen-bond donors (Lipinski definition) is 1. The fourth-order valence-corrected chi connectivity index (χ4v) is 5.57. The number of aliphatic hydroxyl groups is 1. The van der Waals surface area contributed by atoms with E-state index in [1.165, 1.54) is 23.1 Å². The average Bonchev–Trinajstić information content (AvgIpc) is 2.95. The number of carbonyl (C=O) groups excluding carboxylic acids is 2. The zero-order valence-corrected chi connectivity index (χ0v) is 24.5. The van der Waals surface area contributed by atoms with E-state index in [9.17, 15) is 19.1 Å². The molecule has 1 aromatic carbocycles. The molecule has 0 spiro atoms. The van der Waals surface area contributed by atoms with Crippen molar-refractivity contribution in [3.63, 3.8) is 0 Å². The van der Waals surface area contributed by atoms with Crippen molar-refractivity contribution in [1.82, 2.24) is 14.8 Å². The number of aliphatic imine (C=N–C) groups is 1.